The zero-order valence-corrected chi connectivity index (χ0v) is 9.36. The molecule has 0 heterocycles. The monoisotopic (exact) mass is 162 g/mol. The lowest BCUT2D eigenvalue weighted by Crippen LogP contribution is -2.27. The summed E-state index contributed by atoms with van der Waals surface area (Å²) in [6, 6.07) is 0. The molecule has 0 aliphatic rings. The van der Waals surface area contributed by atoms with E-state index in [9.17, 15) is 0 Å². The largest absolute Gasteiger partial charge is 0.307 e. The summed E-state index contributed by atoms with van der Waals surface area (Å²) < 4.78 is 0. The van der Waals surface area contributed by atoms with E-state index in [1.807, 2.05) is 34.7 Å². The minimum Gasteiger partial charge on any atom is -0.307 e. The highest BCUT2D eigenvalue weighted by molar-refractivity contribution is 4.38. The highest BCUT2D eigenvalue weighted by Crippen LogP contribution is 1.71. The maximum absolute atomic E-state index is 3.04. The van der Waals surface area contributed by atoms with E-state index in [4.69, 9.17) is 0 Å². The molecule has 11 heavy (non-hydrogen) atoms. The minimum absolute atomic E-state index is 0.983. The van der Waals surface area contributed by atoms with Crippen LogP contribution >= 0.6 is 0 Å². The van der Waals surface area contributed by atoms with Gasteiger partial charge in [0.15, 0.2) is 0 Å². The number of nitrogens with zero attached hydrogens (tertiary/aromatic N) is 1. The van der Waals surface area contributed by atoms with E-state index in [1.54, 1.807) is 0 Å². The van der Waals surface area contributed by atoms with Gasteiger partial charge in [0, 0.05) is 6.67 Å². The Balaban J connectivity index is -0.000000138. The molecule has 1 N–H and O–H groups in total. The van der Waals surface area contributed by atoms with Crippen molar-refractivity contribution in [2.75, 3.05) is 27.3 Å². The predicted octanol–water partition coefficient (Wildman–Crippen LogP) is 2.17. The van der Waals surface area contributed by atoms with Crippen molar-refractivity contribution in [3.05, 3.63) is 0 Å². The highest BCUT2D eigenvalue weighted by atomic mass is 15.2. The summed E-state index contributed by atoms with van der Waals surface area (Å²) in [7, 11) is 4.03. The second-order valence-corrected chi connectivity index (χ2v) is 1.68. The topological polar surface area (TPSA) is 15.3 Å². The van der Waals surface area contributed by atoms with Crippen LogP contribution in [-0.4, -0.2) is 32.2 Å². The van der Waals surface area contributed by atoms with Crippen molar-refractivity contribution in [2.45, 2.75) is 34.6 Å². The lowest BCUT2D eigenvalue weighted by atomic mass is 10.7. The van der Waals surface area contributed by atoms with Crippen LogP contribution in [0.4, 0.5) is 0 Å². The fraction of sp³-hybridized carbons (Fsp3) is 1.00. The molecule has 2 heteroatoms. The zero-order valence-electron chi connectivity index (χ0n) is 9.36. The van der Waals surface area contributed by atoms with E-state index >= 15 is 0 Å². The molecule has 72 valence electrons. The van der Waals surface area contributed by atoms with Crippen LogP contribution in [0.25, 0.3) is 0 Å². The van der Waals surface area contributed by atoms with Crippen LogP contribution in [0.2, 0.25) is 0 Å². The van der Waals surface area contributed by atoms with E-state index in [0.717, 1.165) is 13.2 Å². The molecule has 0 spiro atoms. The second kappa shape index (κ2) is 22.5. The van der Waals surface area contributed by atoms with Crippen LogP contribution in [0, 0.1) is 0 Å². The van der Waals surface area contributed by atoms with Crippen molar-refractivity contribution in [3.8, 4) is 0 Å². The van der Waals surface area contributed by atoms with Crippen molar-refractivity contribution in [3.63, 3.8) is 0 Å². The molecule has 0 aliphatic heterocycles. The normalized spacial score (nSPS) is 7.64. The molecule has 2 nitrogen and oxygen atoms in total. The molecule has 0 rings (SSSR count). The van der Waals surface area contributed by atoms with Gasteiger partial charge in [0.25, 0.3) is 0 Å². The van der Waals surface area contributed by atoms with Crippen LogP contribution in [-0.2, 0) is 0 Å². The molecular weight excluding hydrogens is 136 g/mol. The van der Waals surface area contributed by atoms with Crippen molar-refractivity contribution in [1.29, 1.82) is 0 Å². The van der Waals surface area contributed by atoms with Gasteiger partial charge >= 0.3 is 0 Å². The molecule has 0 aromatic carbocycles. The molecule has 0 amide bonds. The summed E-state index contributed by atoms with van der Waals surface area (Å²) >= 11 is 0. The first-order valence-electron chi connectivity index (χ1n) is 4.64. The number of rotatable bonds is 3. The predicted molar refractivity (Wildman–Crippen MR) is 54.9 cm³/mol. The Labute approximate surface area is 73.0 Å². The molecular formula is C9H26N2. The summed E-state index contributed by atoms with van der Waals surface area (Å²) in [5.41, 5.74) is 0. The maximum Gasteiger partial charge on any atom is 0.0475 e. The van der Waals surface area contributed by atoms with Crippen LogP contribution < -0.4 is 5.32 Å². The zero-order chi connectivity index (χ0) is 9.70. The van der Waals surface area contributed by atoms with Gasteiger partial charge in [0.2, 0.25) is 0 Å². The van der Waals surface area contributed by atoms with E-state index in [2.05, 4.69) is 24.2 Å². The lowest BCUT2D eigenvalue weighted by Gasteiger charge is -2.11. The average molecular weight is 162 g/mol. The molecule has 0 aromatic rings. The van der Waals surface area contributed by atoms with Gasteiger partial charge in [0.1, 0.15) is 0 Å². The third-order valence-corrected chi connectivity index (χ3v) is 0.968. The second-order valence-electron chi connectivity index (χ2n) is 1.68. The van der Waals surface area contributed by atoms with Crippen molar-refractivity contribution < 1.29 is 0 Å². The summed E-state index contributed by atoms with van der Waals surface area (Å²) in [4.78, 5) is 2.19. The Hall–Kier alpha value is -0.0800. The van der Waals surface area contributed by atoms with Gasteiger partial charge in [-0.3, -0.25) is 4.90 Å². The van der Waals surface area contributed by atoms with Crippen LogP contribution in [0.5, 0.6) is 0 Å². The number of nitrogens with one attached hydrogen (secondary N) is 1. The smallest absolute Gasteiger partial charge is 0.0475 e. The van der Waals surface area contributed by atoms with E-state index < -0.39 is 0 Å². The van der Waals surface area contributed by atoms with Crippen molar-refractivity contribution in [2.24, 2.45) is 0 Å². The average Bonchev–Trinajstić information content (AvgIpc) is 2.12. The van der Waals surface area contributed by atoms with Crippen molar-refractivity contribution in [1.82, 2.24) is 10.2 Å². The van der Waals surface area contributed by atoms with E-state index in [-0.39, 0.29) is 0 Å². The molecule has 0 aliphatic carbocycles. The van der Waals surface area contributed by atoms with Crippen LogP contribution in [0.1, 0.15) is 34.6 Å². The highest BCUT2D eigenvalue weighted by Gasteiger charge is 1.85. The quantitative estimate of drug-likeness (QED) is 0.640. The minimum atomic E-state index is 0.983. The summed E-state index contributed by atoms with van der Waals surface area (Å²) in [6.45, 7) is 12.2. The molecule has 0 saturated carbocycles. The van der Waals surface area contributed by atoms with Crippen LogP contribution in [0.15, 0.2) is 0 Å². The van der Waals surface area contributed by atoms with Gasteiger partial charge in [-0.05, 0) is 20.6 Å². The molecule has 0 fully saturated rings. The van der Waals surface area contributed by atoms with Crippen molar-refractivity contribution >= 4 is 0 Å². The number of hydrogen-bond acceptors (Lipinski definition) is 2. The van der Waals surface area contributed by atoms with Gasteiger partial charge < -0.3 is 5.32 Å². The van der Waals surface area contributed by atoms with E-state index in [1.165, 1.54) is 0 Å². The fourth-order valence-corrected chi connectivity index (χ4v) is 0.382. The summed E-state index contributed by atoms with van der Waals surface area (Å²) in [5, 5.41) is 3.04. The maximum atomic E-state index is 3.04. The summed E-state index contributed by atoms with van der Waals surface area (Å²) in [6.07, 6.45) is 0. The first-order chi connectivity index (χ1) is 5.31. The Kier molecular flexibility index (Phi) is 35.1. The summed E-state index contributed by atoms with van der Waals surface area (Å²) in [5.74, 6) is 0. The Bertz CT molecular complexity index is 38.5. The van der Waals surface area contributed by atoms with Gasteiger partial charge in [-0.1, -0.05) is 34.6 Å². The Morgan fingerprint density at radius 3 is 1.55 bits per heavy atom. The SMILES string of the molecule is CC.CC.CCN(C)CNC. The molecule has 0 unspecified atom stereocenters. The van der Waals surface area contributed by atoms with E-state index in [0.29, 0.717) is 0 Å². The first-order valence-corrected chi connectivity index (χ1v) is 4.64. The molecule has 0 aromatic heterocycles. The first kappa shape index (κ1) is 17.1. The third-order valence-electron chi connectivity index (χ3n) is 0.968. The molecule has 0 bridgehead atoms. The third kappa shape index (κ3) is 25.7. The van der Waals surface area contributed by atoms with Crippen LogP contribution in [0.3, 0.4) is 0 Å². The van der Waals surface area contributed by atoms with Gasteiger partial charge in [-0.15, -0.1) is 0 Å². The lowest BCUT2D eigenvalue weighted by molar-refractivity contribution is 0.334. The van der Waals surface area contributed by atoms with Gasteiger partial charge in [-0.2, -0.15) is 0 Å². The Morgan fingerprint density at radius 1 is 1.09 bits per heavy atom. The van der Waals surface area contributed by atoms with Gasteiger partial charge in [0.05, 0.1) is 0 Å². The Morgan fingerprint density at radius 2 is 1.45 bits per heavy atom. The molecule has 0 saturated heterocycles. The molecule has 0 radical (unpaired) electrons. The molecule has 0 atom stereocenters. The fourth-order valence-electron chi connectivity index (χ4n) is 0.382. The standard InChI is InChI=1S/C5H14N2.2C2H6/c1-4-7(3)5-6-2;2*1-2/h6H,4-5H2,1-3H3;2*1-2H3. The number of hydrogen-bond donors (Lipinski definition) is 1. The van der Waals surface area contributed by atoms with Gasteiger partial charge in [-0.25, -0.2) is 0 Å².